The van der Waals surface area contributed by atoms with Crippen LogP contribution in [0.5, 0.6) is 0 Å². The molecule has 2 saturated heterocycles. The molecule has 2 atom stereocenters. The number of carbonyl (C=O) groups excluding carboxylic acids is 1. The smallest absolute Gasteiger partial charge is 0.475 e. The van der Waals surface area contributed by atoms with E-state index >= 15 is 0 Å². The predicted octanol–water partition coefficient (Wildman–Crippen LogP) is 3.36. The van der Waals surface area contributed by atoms with Gasteiger partial charge in [0.15, 0.2) is 0 Å². The third-order valence-corrected chi connectivity index (χ3v) is 7.80. The van der Waals surface area contributed by atoms with Crippen LogP contribution < -0.4 is 0 Å². The normalized spacial score (nSPS) is 24.3. The summed E-state index contributed by atoms with van der Waals surface area (Å²) in [6.07, 6.45) is -3.54. The fourth-order valence-electron chi connectivity index (χ4n) is 6.07. The number of alkyl halides is 6. The molecule has 40 heavy (non-hydrogen) atoms. The summed E-state index contributed by atoms with van der Waals surface area (Å²) in [5.74, 6) is -4.63. The summed E-state index contributed by atoms with van der Waals surface area (Å²) >= 11 is 0. The summed E-state index contributed by atoms with van der Waals surface area (Å²) in [5.41, 5.74) is 1.38. The van der Waals surface area contributed by atoms with Gasteiger partial charge in [-0.05, 0) is 69.3 Å². The van der Waals surface area contributed by atoms with Crippen molar-refractivity contribution in [3.8, 4) is 0 Å². The van der Waals surface area contributed by atoms with Crippen molar-refractivity contribution in [2.75, 3.05) is 47.3 Å². The Morgan fingerprint density at radius 1 is 0.975 bits per heavy atom. The number of aromatic nitrogens is 1. The molecule has 3 fully saturated rings. The van der Waals surface area contributed by atoms with Crippen molar-refractivity contribution in [1.82, 2.24) is 19.7 Å². The minimum atomic E-state index is -5.08. The lowest BCUT2D eigenvalue weighted by atomic mass is 9.65. The first-order valence-electron chi connectivity index (χ1n) is 12.5. The van der Waals surface area contributed by atoms with Crippen LogP contribution in [0.15, 0.2) is 24.4 Å². The number of piperidine rings is 1. The van der Waals surface area contributed by atoms with Gasteiger partial charge >= 0.3 is 24.3 Å². The minimum Gasteiger partial charge on any atom is -0.475 e. The number of hydrogen-bond acceptors (Lipinski definition) is 6. The molecule has 15 heteroatoms. The van der Waals surface area contributed by atoms with Crippen LogP contribution in [-0.2, 0) is 20.9 Å². The van der Waals surface area contributed by atoms with E-state index in [0.717, 1.165) is 44.8 Å². The van der Waals surface area contributed by atoms with E-state index in [1.165, 1.54) is 19.3 Å². The van der Waals surface area contributed by atoms with Gasteiger partial charge in [0.2, 0.25) is 5.91 Å². The van der Waals surface area contributed by atoms with Crippen molar-refractivity contribution in [2.45, 2.75) is 44.6 Å². The number of aliphatic carboxylic acids is 2. The maximum Gasteiger partial charge on any atom is 0.490 e. The maximum absolute atomic E-state index is 13.1. The lowest BCUT2D eigenvalue weighted by Crippen LogP contribution is -2.48. The molecule has 9 nitrogen and oxygen atoms in total. The summed E-state index contributed by atoms with van der Waals surface area (Å²) in [4.78, 5) is 42.2. The van der Waals surface area contributed by atoms with E-state index in [1.54, 1.807) is 0 Å². The fourth-order valence-corrected chi connectivity index (χ4v) is 6.07. The average Bonchev–Trinajstić information content (AvgIpc) is 3.34. The molecule has 1 spiro atoms. The van der Waals surface area contributed by atoms with Gasteiger partial charge in [-0.2, -0.15) is 26.3 Å². The topological polar surface area (TPSA) is 114 Å². The molecular weight excluding hydrogens is 550 g/mol. The van der Waals surface area contributed by atoms with Gasteiger partial charge in [0.25, 0.3) is 0 Å². The number of likely N-dealkylation sites (tertiary alicyclic amines) is 2. The van der Waals surface area contributed by atoms with E-state index < -0.39 is 24.3 Å². The van der Waals surface area contributed by atoms with E-state index in [0.29, 0.717) is 17.2 Å². The molecule has 3 heterocycles. The van der Waals surface area contributed by atoms with Crippen LogP contribution in [0.1, 0.15) is 31.4 Å². The molecule has 0 bridgehead atoms. The molecule has 1 aromatic heterocycles. The molecule has 2 aliphatic heterocycles. The number of carboxylic acids is 2. The van der Waals surface area contributed by atoms with Crippen LogP contribution in [0.4, 0.5) is 26.3 Å². The van der Waals surface area contributed by atoms with Crippen LogP contribution in [0.25, 0.3) is 0 Å². The zero-order chi connectivity index (χ0) is 30.5. The average molecular weight is 585 g/mol. The van der Waals surface area contributed by atoms with Crippen LogP contribution in [-0.4, -0.2) is 107 Å². The Balaban J connectivity index is 0.000000333. The van der Waals surface area contributed by atoms with Gasteiger partial charge < -0.3 is 20.0 Å². The Bertz CT molecular complexity index is 1000. The van der Waals surface area contributed by atoms with Crippen molar-refractivity contribution in [2.24, 2.45) is 16.7 Å². The maximum atomic E-state index is 13.1. The molecule has 0 unspecified atom stereocenters. The van der Waals surface area contributed by atoms with Gasteiger partial charge in [0, 0.05) is 39.9 Å². The van der Waals surface area contributed by atoms with Crippen LogP contribution in [0.3, 0.4) is 0 Å². The minimum absolute atomic E-state index is 0.137. The first-order chi connectivity index (χ1) is 18.3. The van der Waals surface area contributed by atoms with Gasteiger partial charge in [0.1, 0.15) is 0 Å². The summed E-state index contributed by atoms with van der Waals surface area (Å²) in [6, 6.07) is 6.16. The summed E-state index contributed by atoms with van der Waals surface area (Å²) in [7, 11) is 6.03. The van der Waals surface area contributed by atoms with Gasteiger partial charge in [0.05, 0.1) is 11.1 Å². The second-order valence-corrected chi connectivity index (χ2v) is 10.7. The van der Waals surface area contributed by atoms with Gasteiger partial charge in [-0.3, -0.25) is 14.7 Å². The summed E-state index contributed by atoms with van der Waals surface area (Å²) in [6.45, 7) is 5.23. The Morgan fingerprint density at radius 2 is 1.50 bits per heavy atom. The molecule has 1 saturated carbocycles. The molecule has 1 amide bonds. The standard InChI is InChI=1S/C21H32N4O.2C2HF3O2/c1-23(2)19(26)21-8-7-20(18(21)15-24(3)16-21)9-12-25(13-10-20)14-17-6-4-5-11-22-17;2*3-2(4,5)1(6)7/h4-6,11,18H,7-10,12-16H2,1-3H3;2*(H,6,7)/t18-,21+;;/m0../s1. The third-order valence-electron chi connectivity index (χ3n) is 7.80. The molecule has 3 aliphatic rings. The Kier molecular flexibility index (Phi) is 10.6. The van der Waals surface area contributed by atoms with E-state index in [9.17, 15) is 31.1 Å². The predicted molar refractivity (Wildman–Crippen MR) is 130 cm³/mol. The van der Waals surface area contributed by atoms with Crippen molar-refractivity contribution in [1.29, 1.82) is 0 Å². The quantitative estimate of drug-likeness (QED) is 0.520. The van der Waals surface area contributed by atoms with Crippen LogP contribution in [0.2, 0.25) is 0 Å². The monoisotopic (exact) mass is 584 g/mol. The second-order valence-electron chi connectivity index (χ2n) is 10.7. The summed E-state index contributed by atoms with van der Waals surface area (Å²) in [5, 5.41) is 14.2. The zero-order valence-corrected chi connectivity index (χ0v) is 22.4. The number of fused-ring (bicyclic) bond motifs is 2. The fraction of sp³-hybridized carbons (Fsp3) is 0.680. The molecule has 226 valence electrons. The van der Waals surface area contributed by atoms with Crippen molar-refractivity contribution < 1.29 is 50.9 Å². The van der Waals surface area contributed by atoms with Gasteiger partial charge in [-0.1, -0.05) is 6.07 Å². The molecule has 1 aromatic rings. The third kappa shape index (κ3) is 8.05. The number of nitrogens with zero attached hydrogens (tertiary/aromatic N) is 4. The lowest BCUT2D eigenvalue weighted by molar-refractivity contribution is -0.193. The molecule has 1 aliphatic carbocycles. The van der Waals surface area contributed by atoms with Gasteiger partial charge in [-0.25, -0.2) is 9.59 Å². The van der Waals surface area contributed by atoms with E-state index in [4.69, 9.17) is 19.8 Å². The lowest BCUT2D eigenvalue weighted by Gasteiger charge is -2.44. The van der Waals surface area contributed by atoms with Crippen LogP contribution >= 0.6 is 0 Å². The Morgan fingerprint density at radius 3 is 1.93 bits per heavy atom. The molecule has 0 aromatic carbocycles. The first kappa shape index (κ1) is 33.3. The highest BCUT2D eigenvalue weighted by molar-refractivity contribution is 5.84. The molecular formula is C25H34F6N4O5. The highest BCUT2D eigenvalue weighted by atomic mass is 19.4. The number of carboxylic acid groups (broad SMARTS) is 2. The second kappa shape index (κ2) is 12.7. The van der Waals surface area contributed by atoms with E-state index in [-0.39, 0.29) is 5.41 Å². The highest BCUT2D eigenvalue weighted by Gasteiger charge is 2.64. The Hall–Kier alpha value is -2.94. The Labute approximate surface area is 227 Å². The van der Waals surface area contributed by atoms with E-state index in [2.05, 4.69) is 34.0 Å². The number of halogens is 6. The number of hydrogen-bond donors (Lipinski definition) is 2. The first-order valence-corrected chi connectivity index (χ1v) is 12.5. The van der Waals surface area contributed by atoms with Crippen LogP contribution in [0, 0.1) is 16.7 Å². The SMILES string of the molecule is CN1C[C@H]2C3(CCN(Cc4ccccn4)CC3)CC[C@@]2(C(=O)N(C)C)C1.O=C(O)C(F)(F)F.O=C(O)C(F)(F)F. The van der Waals surface area contributed by atoms with Crippen molar-refractivity contribution in [3.05, 3.63) is 30.1 Å². The van der Waals surface area contributed by atoms with E-state index in [1.807, 2.05) is 31.3 Å². The number of pyridine rings is 1. The zero-order valence-electron chi connectivity index (χ0n) is 22.4. The largest absolute Gasteiger partial charge is 0.490 e. The van der Waals surface area contributed by atoms with Crippen molar-refractivity contribution >= 4 is 17.8 Å². The summed E-state index contributed by atoms with van der Waals surface area (Å²) < 4.78 is 63.5. The number of amides is 1. The highest BCUT2D eigenvalue weighted by Crippen LogP contribution is 2.62. The molecule has 4 rings (SSSR count). The molecule has 0 radical (unpaired) electrons. The van der Waals surface area contributed by atoms with Gasteiger partial charge in [-0.15, -0.1) is 0 Å². The number of carbonyl (C=O) groups is 3. The number of rotatable bonds is 3. The molecule has 2 N–H and O–H groups in total. The van der Waals surface area contributed by atoms with Crippen molar-refractivity contribution in [3.63, 3.8) is 0 Å².